The molecule has 0 bridgehead atoms. The zero-order chi connectivity index (χ0) is 13.0. The number of rotatable bonds is 3. The highest BCUT2D eigenvalue weighted by atomic mass is 79.9. The zero-order valence-electron chi connectivity index (χ0n) is 9.89. The van der Waals surface area contributed by atoms with Crippen molar-refractivity contribution in [3.63, 3.8) is 0 Å². The molecule has 2 rings (SSSR count). The van der Waals surface area contributed by atoms with E-state index in [0.29, 0.717) is 5.71 Å². The van der Waals surface area contributed by atoms with E-state index in [1.165, 1.54) is 0 Å². The van der Waals surface area contributed by atoms with Gasteiger partial charge in [0.1, 0.15) is 5.71 Å². The third-order valence-electron chi connectivity index (χ3n) is 2.65. The first-order chi connectivity index (χ1) is 8.76. The third-order valence-corrected chi connectivity index (χ3v) is 3.15. The van der Waals surface area contributed by atoms with Crippen LogP contribution >= 0.6 is 15.9 Å². The molecule has 2 N–H and O–H groups in total. The van der Waals surface area contributed by atoms with Gasteiger partial charge in [-0.1, -0.05) is 51.4 Å². The lowest BCUT2D eigenvalue weighted by atomic mass is 10.0. The minimum atomic E-state index is 0.543. The first-order valence-corrected chi connectivity index (χ1v) is 6.30. The van der Waals surface area contributed by atoms with E-state index in [4.69, 9.17) is 0 Å². The number of anilines is 1. The minimum absolute atomic E-state index is 0.543. The molecular weight excluding hydrogens is 292 g/mol. The number of oxime groups is 1. The van der Waals surface area contributed by atoms with Gasteiger partial charge in [-0.05, 0) is 18.2 Å². The Balaban J connectivity index is 2.56. The molecule has 0 aliphatic carbocycles. The van der Waals surface area contributed by atoms with E-state index in [-0.39, 0.29) is 0 Å². The van der Waals surface area contributed by atoms with Gasteiger partial charge in [0.2, 0.25) is 0 Å². The Morgan fingerprint density at radius 3 is 2.50 bits per heavy atom. The van der Waals surface area contributed by atoms with Crippen molar-refractivity contribution in [2.45, 2.75) is 0 Å². The largest absolute Gasteiger partial charge is 0.410 e. The van der Waals surface area contributed by atoms with Crippen LogP contribution in [0.15, 0.2) is 58.2 Å². The van der Waals surface area contributed by atoms with Crippen LogP contribution in [0, 0.1) is 0 Å². The summed E-state index contributed by atoms with van der Waals surface area (Å²) in [7, 11) is 1.84. The predicted octanol–water partition coefficient (Wildman–Crippen LogP) is 3.72. The van der Waals surface area contributed by atoms with Crippen molar-refractivity contribution >= 4 is 27.3 Å². The van der Waals surface area contributed by atoms with Crippen LogP contribution in [0.25, 0.3) is 0 Å². The Morgan fingerprint density at radius 2 is 1.89 bits per heavy atom. The number of hydrogen-bond acceptors (Lipinski definition) is 3. The van der Waals surface area contributed by atoms with Gasteiger partial charge in [-0.25, -0.2) is 0 Å². The van der Waals surface area contributed by atoms with Crippen molar-refractivity contribution in [1.29, 1.82) is 0 Å². The minimum Gasteiger partial charge on any atom is -0.410 e. The van der Waals surface area contributed by atoms with Crippen LogP contribution < -0.4 is 5.32 Å². The molecule has 0 spiro atoms. The summed E-state index contributed by atoms with van der Waals surface area (Å²) in [4.78, 5) is 0. The van der Waals surface area contributed by atoms with Gasteiger partial charge < -0.3 is 10.5 Å². The summed E-state index contributed by atoms with van der Waals surface area (Å²) in [5.74, 6) is 0. The van der Waals surface area contributed by atoms with Crippen LogP contribution in [0.3, 0.4) is 0 Å². The van der Waals surface area contributed by atoms with Crippen LogP contribution in [-0.4, -0.2) is 18.0 Å². The summed E-state index contributed by atoms with van der Waals surface area (Å²) < 4.78 is 0.939. The first kappa shape index (κ1) is 12.6. The molecule has 0 amide bonds. The highest BCUT2D eigenvalue weighted by Gasteiger charge is 2.12. The zero-order valence-corrected chi connectivity index (χ0v) is 11.5. The average Bonchev–Trinajstić information content (AvgIpc) is 2.41. The van der Waals surface area contributed by atoms with Gasteiger partial charge in [-0.15, -0.1) is 0 Å². The predicted molar refractivity (Wildman–Crippen MR) is 77.6 cm³/mol. The van der Waals surface area contributed by atoms with E-state index in [0.717, 1.165) is 21.3 Å². The van der Waals surface area contributed by atoms with Gasteiger partial charge in [0.15, 0.2) is 0 Å². The maximum atomic E-state index is 9.29. The Bertz CT molecular complexity index is 567. The van der Waals surface area contributed by atoms with Crippen LogP contribution in [0.5, 0.6) is 0 Å². The van der Waals surface area contributed by atoms with Gasteiger partial charge in [0.05, 0.1) is 0 Å². The molecule has 2 aromatic carbocycles. The first-order valence-electron chi connectivity index (χ1n) is 5.51. The second-order valence-electron chi connectivity index (χ2n) is 3.75. The van der Waals surface area contributed by atoms with Crippen LogP contribution in [0.1, 0.15) is 11.1 Å². The molecule has 2 aromatic rings. The molecule has 0 aliphatic heterocycles. The van der Waals surface area contributed by atoms with Crippen LogP contribution in [0.4, 0.5) is 5.69 Å². The molecule has 0 saturated heterocycles. The lowest BCUT2D eigenvalue weighted by Gasteiger charge is -2.11. The number of nitrogens with zero attached hydrogens (tertiary/aromatic N) is 1. The summed E-state index contributed by atoms with van der Waals surface area (Å²) in [5, 5.41) is 15.8. The quantitative estimate of drug-likeness (QED) is 0.516. The molecule has 3 nitrogen and oxygen atoms in total. The SMILES string of the molecule is CNc1ccc(Br)cc1C(=NO)c1ccccc1. The Hall–Kier alpha value is -1.81. The summed E-state index contributed by atoms with van der Waals surface area (Å²) >= 11 is 3.43. The fourth-order valence-corrected chi connectivity index (χ4v) is 2.15. The average molecular weight is 305 g/mol. The van der Waals surface area contributed by atoms with Crippen molar-refractivity contribution in [2.24, 2.45) is 5.16 Å². The molecule has 4 heteroatoms. The van der Waals surface area contributed by atoms with E-state index >= 15 is 0 Å². The molecule has 0 aliphatic rings. The lowest BCUT2D eigenvalue weighted by Crippen LogP contribution is -2.07. The van der Waals surface area contributed by atoms with Crippen molar-refractivity contribution < 1.29 is 5.21 Å². The molecule has 0 radical (unpaired) electrons. The standard InChI is InChI=1S/C14H13BrN2O/c1-16-13-8-7-11(15)9-12(13)14(17-18)10-5-3-2-4-6-10/h2-9,16,18H,1H3. The summed E-state index contributed by atoms with van der Waals surface area (Å²) in [6.07, 6.45) is 0. The van der Waals surface area contributed by atoms with Crippen LogP contribution in [0.2, 0.25) is 0 Å². The summed E-state index contributed by atoms with van der Waals surface area (Å²) in [5.41, 5.74) is 3.17. The molecule has 92 valence electrons. The van der Waals surface area contributed by atoms with E-state index < -0.39 is 0 Å². The highest BCUT2D eigenvalue weighted by molar-refractivity contribution is 9.10. The topological polar surface area (TPSA) is 44.6 Å². The summed E-state index contributed by atoms with van der Waals surface area (Å²) in [6.45, 7) is 0. The van der Waals surface area contributed by atoms with E-state index in [1.807, 2.05) is 55.6 Å². The molecule has 0 unspecified atom stereocenters. The lowest BCUT2D eigenvalue weighted by molar-refractivity contribution is 0.319. The number of benzene rings is 2. The Morgan fingerprint density at radius 1 is 1.17 bits per heavy atom. The Kier molecular flexibility index (Phi) is 3.99. The monoisotopic (exact) mass is 304 g/mol. The number of halogens is 1. The van der Waals surface area contributed by atoms with Crippen molar-refractivity contribution in [3.05, 3.63) is 64.1 Å². The van der Waals surface area contributed by atoms with Gasteiger partial charge in [0, 0.05) is 28.3 Å². The van der Waals surface area contributed by atoms with E-state index in [9.17, 15) is 5.21 Å². The molecule has 18 heavy (non-hydrogen) atoms. The second kappa shape index (κ2) is 5.69. The molecule has 0 atom stereocenters. The molecule has 0 aromatic heterocycles. The van der Waals surface area contributed by atoms with E-state index in [1.54, 1.807) is 0 Å². The second-order valence-corrected chi connectivity index (χ2v) is 4.67. The molecule has 0 saturated carbocycles. The number of hydrogen-bond donors (Lipinski definition) is 2. The number of nitrogens with one attached hydrogen (secondary N) is 1. The van der Waals surface area contributed by atoms with Gasteiger partial charge >= 0.3 is 0 Å². The highest BCUT2D eigenvalue weighted by Crippen LogP contribution is 2.24. The van der Waals surface area contributed by atoms with Crippen molar-refractivity contribution in [1.82, 2.24) is 0 Å². The maximum absolute atomic E-state index is 9.29. The smallest absolute Gasteiger partial charge is 0.119 e. The fourth-order valence-electron chi connectivity index (χ4n) is 1.79. The summed E-state index contributed by atoms with van der Waals surface area (Å²) in [6, 6.07) is 15.4. The van der Waals surface area contributed by atoms with E-state index in [2.05, 4.69) is 26.4 Å². The fraction of sp³-hybridized carbons (Fsp3) is 0.0714. The molecule has 0 heterocycles. The molecule has 0 fully saturated rings. The third kappa shape index (κ3) is 2.54. The van der Waals surface area contributed by atoms with Gasteiger partial charge in [-0.2, -0.15) is 0 Å². The van der Waals surface area contributed by atoms with Crippen molar-refractivity contribution in [2.75, 3.05) is 12.4 Å². The van der Waals surface area contributed by atoms with Gasteiger partial charge in [-0.3, -0.25) is 0 Å². The Labute approximate surface area is 114 Å². The normalized spacial score (nSPS) is 11.3. The van der Waals surface area contributed by atoms with Crippen molar-refractivity contribution in [3.8, 4) is 0 Å². The van der Waals surface area contributed by atoms with Crippen LogP contribution in [-0.2, 0) is 0 Å². The van der Waals surface area contributed by atoms with Gasteiger partial charge in [0.25, 0.3) is 0 Å². The maximum Gasteiger partial charge on any atom is 0.119 e. The molecular formula is C14H13BrN2O.